The van der Waals surface area contributed by atoms with Crippen molar-refractivity contribution < 1.29 is 5.11 Å². The number of likely N-dealkylation sites (N-methyl/N-ethyl adjacent to an activating group) is 1. The van der Waals surface area contributed by atoms with E-state index in [0.717, 1.165) is 5.56 Å². The fourth-order valence-electron chi connectivity index (χ4n) is 3.40. The Balaban J connectivity index is 2.19. The monoisotopic (exact) mass is 247 g/mol. The van der Waals surface area contributed by atoms with Gasteiger partial charge in [0.15, 0.2) is 0 Å². The summed E-state index contributed by atoms with van der Waals surface area (Å²) in [6, 6.07) is 10.2. The topological polar surface area (TPSA) is 32.3 Å². The van der Waals surface area contributed by atoms with Crippen LogP contribution in [0, 0.1) is 5.92 Å². The summed E-state index contributed by atoms with van der Waals surface area (Å²) in [5.41, 5.74) is 0.216. The summed E-state index contributed by atoms with van der Waals surface area (Å²) in [4.78, 5) is 0. The predicted molar refractivity (Wildman–Crippen MR) is 75.4 cm³/mol. The molecule has 18 heavy (non-hydrogen) atoms. The summed E-state index contributed by atoms with van der Waals surface area (Å²) >= 11 is 0. The number of nitrogens with one attached hydrogen (secondary N) is 1. The van der Waals surface area contributed by atoms with Crippen molar-refractivity contribution in [1.29, 1.82) is 0 Å². The van der Waals surface area contributed by atoms with Gasteiger partial charge in [-0.1, -0.05) is 49.6 Å². The maximum atomic E-state index is 10.9. The average Bonchev–Trinajstić information content (AvgIpc) is 2.41. The third-order valence-corrected chi connectivity index (χ3v) is 4.40. The summed E-state index contributed by atoms with van der Waals surface area (Å²) in [5, 5.41) is 14.3. The van der Waals surface area contributed by atoms with Crippen LogP contribution in [-0.4, -0.2) is 18.2 Å². The van der Waals surface area contributed by atoms with E-state index in [0.29, 0.717) is 5.92 Å². The quantitative estimate of drug-likeness (QED) is 0.857. The molecule has 0 heterocycles. The molecule has 2 heteroatoms. The summed E-state index contributed by atoms with van der Waals surface area (Å²) in [6.45, 7) is 1.94. The van der Waals surface area contributed by atoms with Gasteiger partial charge in [-0.2, -0.15) is 0 Å². The van der Waals surface area contributed by atoms with E-state index in [1.165, 1.54) is 32.1 Å². The Hall–Kier alpha value is -0.860. The number of hydrogen-bond donors (Lipinski definition) is 2. The molecule has 1 fully saturated rings. The van der Waals surface area contributed by atoms with Gasteiger partial charge in [0.25, 0.3) is 0 Å². The minimum atomic E-state index is -0.794. The molecular formula is C16H25NO. The first-order chi connectivity index (χ1) is 8.66. The highest BCUT2D eigenvalue weighted by atomic mass is 16.3. The second-order valence-corrected chi connectivity index (χ2v) is 5.68. The molecule has 1 aromatic rings. The van der Waals surface area contributed by atoms with Gasteiger partial charge in [0.2, 0.25) is 0 Å². The van der Waals surface area contributed by atoms with Gasteiger partial charge in [-0.25, -0.2) is 0 Å². The minimum Gasteiger partial charge on any atom is -0.384 e. The molecule has 0 aliphatic heterocycles. The van der Waals surface area contributed by atoms with Gasteiger partial charge < -0.3 is 10.4 Å². The van der Waals surface area contributed by atoms with E-state index in [1.54, 1.807) is 0 Å². The Morgan fingerprint density at radius 3 is 2.33 bits per heavy atom. The molecule has 2 atom stereocenters. The van der Waals surface area contributed by atoms with Gasteiger partial charge >= 0.3 is 0 Å². The maximum Gasteiger partial charge on any atom is 0.102 e. The molecule has 0 spiro atoms. The van der Waals surface area contributed by atoms with Gasteiger partial charge in [0.05, 0.1) is 0 Å². The van der Waals surface area contributed by atoms with E-state index in [-0.39, 0.29) is 6.04 Å². The van der Waals surface area contributed by atoms with E-state index >= 15 is 0 Å². The standard InChI is InChI=1S/C16H25NO/c1-16(18,14-11-7-4-8-12-14)15(17-2)13-9-5-3-6-10-13/h4,7-8,11-13,15,17-18H,3,5-6,9-10H2,1-2H3/t15-,16-/m0/s1. The Morgan fingerprint density at radius 2 is 1.78 bits per heavy atom. The molecule has 2 rings (SSSR count). The Labute approximate surface area is 110 Å². The molecule has 1 saturated carbocycles. The lowest BCUT2D eigenvalue weighted by molar-refractivity contribution is -0.0113. The fraction of sp³-hybridized carbons (Fsp3) is 0.625. The first-order valence-corrected chi connectivity index (χ1v) is 7.11. The van der Waals surface area contributed by atoms with Crippen LogP contribution < -0.4 is 5.32 Å². The van der Waals surface area contributed by atoms with E-state index in [4.69, 9.17) is 0 Å². The van der Waals surface area contributed by atoms with Crippen molar-refractivity contribution in [3.8, 4) is 0 Å². The molecule has 0 radical (unpaired) electrons. The zero-order chi connectivity index (χ0) is 13.0. The highest BCUT2D eigenvalue weighted by Gasteiger charge is 2.38. The molecule has 2 N–H and O–H groups in total. The Bertz CT molecular complexity index is 355. The molecule has 0 aromatic heterocycles. The molecule has 1 aromatic carbocycles. The van der Waals surface area contributed by atoms with E-state index < -0.39 is 5.60 Å². The van der Waals surface area contributed by atoms with Crippen LogP contribution in [0.15, 0.2) is 30.3 Å². The molecule has 0 amide bonds. The third-order valence-electron chi connectivity index (χ3n) is 4.40. The van der Waals surface area contributed by atoms with Crippen LogP contribution in [-0.2, 0) is 5.60 Å². The highest BCUT2D eigenvalue weighted by Crippen LogP contribution is 2.35. The first-order valence-electron chi connectivity index (χ1n) is 7.11. The SMILES string of the molecule is CN[C@@H](C1CCCCC1)[C@@](C)(O)c1ccccc1. The average molecular weight is 247 g/mol. The van der Waals surface area contributed by atoms with Crippen LogP contribution in [0.1, 0.15) is 44.6 Å². The molecule has 1 aliphatic carbocycles. The van der Waals surface area contributed by atoms with Crippen molar-refractivity contribution in [1.82, 2.24) is 5.32 Å². The van der Waals surface area contributed by atoms with Crippen LogP contribution >= 0.6 is 0 Å². The van der Waals surface area contributed by atoms with E-state index in [2.05, 4.69) is 5.32 Å². The zero-order valence-corrected chi connectivity index (χ0v) is 11.5. The van der Waals surface area contributed by atoms with Crippen LogP contribution in [0.2, 0.25) is 0 Å². The fourth-order valence-corrected chi connectivity index (χ4v) is 3.40. The summed E-state index contributed by atoms with van der Waals surface area (Å²) < 4.78 is 0. The molecule has 1 aliphatic rings. The lowest BCUT2D eigenvalue weighted by Gasteiger charge is -2.40. The molecule has 2 nitrogen and oxygen atoms in total. The predicted octanol–water partition coefficient (Wildman–Crippen LogP) is 3.06. The van der Waals surface area contributed by atoms with Gasteiger partial charge in [-0.05, 0) is 38.3 Å². The summed E-state index contributed by atoms with van der Waals surface area (Å²) in [6.07, 6.45) is 6.41. The lowest BCUT2D eigenvalue weighted by atomic mass is 9.75. The van der Waals surface area contributed by atoms with Crippen LogP contribution in [0.3, 0.4) is 0 Å². The Kier molecular flexibility index (Phi) is 4.41. The minimum absolute atomic E-state index is 0.139. The number of aliphatic hydroxyl groups is 1. The van der Waals surface area contributed by atoms with Crippen molar-refractivity contribution in [2.24, 2.45) is 5.92 Å². The largest absolute Gasteiger partial charge is 0.384 e. The van der Waals surface area contributed by atoms with Gasteiger partial charge in [0.1, 0.15) is 5.60 Å². The molecule has 0 unspecified atom stereocenters. The number of rotatable bonds is 4. The summed E-state index contributed by atoms with van der Waals surface area (Å²) in [5.74, 6) is 0.582. The molecule has 100 valence electrons. The van der Waals surface area contributed by atoms with Crippen LogP contribution in [0.4, 0.5) is 0 Å². The second-order valence-electron chi connectivity index (χ2n) is 5.68. The second kappa shape index (κ2) is 5.85. The van der Waals surface area contributed by atoms with Crippen LogP contribution in [0.25, 0.3) is 0 Å². The van der Waals surface area contributed by atoms with Crippen molar-refractivity contribution >= 4 is 0 Å². The van der Waals surface area contributed by atoms with Gasteiger partial charge in [-0.3, -0.25) is 0 Å². The van der Waals surface area contributed by atoms with Crippen molar-refractivity contribution in [3.63, 3.8) is 0 Å². The van der Waals surface area contributed by atoms with Gasteiger partial charge in [-0.15, -0.1) is 0 Å². The van der Waals surface area contributed by atoms with E-state index in [1.807, 2.05) is 44.3 Å². The van der Waals surface area contributed by atoms with Crippen molar-refractivity contribution in [3.05, 3.63) is 35.9 Å². The van der Waals surface area contributed by atoms with Crippen molar-refractivity contribution in [2.75, 3.05) is 7.05 Å². The summed E-state index contributed by atoms with van der Waals surface area (Å²) in [7, 11) is 1.97. The van der Waals surface area contributed by atoms with Crippen LogP contribution in [0.5, 0.6) is 0 Å². The zero-order valence-electron chi connectivity index (χ0n) is 11.5. The molecule has 0 bridgehead atoms. The molecular weight excluding hydrogens is 222 g/mol. The lowest BCUT2D eigenvalue weighted by Crippen LogP contribution is -2.50. The van der Waals surface area contributed by atoms with Gasteiger partial charge in [0, 0.05) is 6.04 Å². The normalized spacial score (nSPS) is 22.4. The number of benzene rings is 1. The Morgan fingerprint density at radius 1 is 1.17 bits per heavy atom. The smallest absolute Gasteiger partial charge is 0.102 e. The number of hydrogen-bond acceptors (Lipinski definition) is 2. The first kappa shape index (κ1) is 13.6. The van der Waals surface area contributed by atoms with E-state index in [9.17, 15) is 5.11 Å². The highest BCUT2D eigenvalue weighted by molar-refractivity contribution is 5.24. The van der Waals surface area contributed by atoms with Crippen molar-refractivity contribution in [2.45, 2.75) is 50.7 Å². The molecule has 0 saturated heterocycles. The maximum absolute atomic E-state index is 10.9. The third kappa shape index (κ3) is 2.76.